The summed E-state index contributed by atoms with van der Waals surface area (Å²) in [4.78, 5) is 27.4. The minimum absolute atomic E-state index is 0.0403. The van der Waals surface area contributed by atoms with Crippen LogP contribution in [-0.4, -0.2) is 47.2 Å². The van der Waals surface area contributed by atoms with Crippen LogP contribution in [-0.2, 0) is 33.9 Å². The second-order valence-corrected chi connectivity index (χ2v) is 7.84. The molecule has 1 N–H and O–H groups in total. The topological polar surface area (TPSA) is 97.6 Å². The normalized spacial score (nSPS) is 19.2. The van der Waals surface area contributed by atoms with Gasteiger partial charge in [-0.05, 0) is 37.8 Å². The highest BCUT2D eigenvalue weighted by atomic mass is 16.6. The number of nitrogens with one attached hydrogen (secondary N) is 1. The molecule has 8 heteroatoms. The van der Waals surface area contributed by atoms with E-state index in [0.717, 1.165) is 24.0 Å². The summed E-state index contributed by atoms with van der Waals surface area (Å²) in [7, 11) is 1.65. The number of rotatable bonds is 7. The van der Waals surface area contributed by atoms with E-state index in [2.05, 4.69) is 20.3 Å². The molecule has 1 aliphatic rings. The fourth-order valence-electron chi connectivity index (χ4n) is 3.72. The molecule has 0 saturated carbocycles. The highest BCUT2D eigenvalue weighted by Gasteiger charge is 2.39. The van der Waals surface area contributed by atoms with Gasteiger partial charge in [-0.15, -0.1) is 0 Å². The number of nitrogens with zero attached hydrogens (tertiary/aromatic N) is 3. The van der Waals surface area contributed by atoms with E-state index >= 15 is 0 Å². The van der Waals surface area contributed by atoms with Gasteiger partial charge in [0.05, 0.1) is 18.4 Å². The van der Waals surface area contributed by atoms with Crippen molar-refractivity contribution in [2.45, 2.75) is 46.3 Å². The van der Waals surface area contributed by atoms with Crippen LogP contribution < -0.4 is 5.32 Å². The Kier molecular flexibility index (Phi) is 6.64. The number of carbonyl (C=O) groups is 2. The molecule has 0 aliphatic carbocycles. The summed E-state index contributed by atoms with van der Waals surface area (Å²) in [5.74, 6) is -0.102. The molecular formula is C21H28N4O4. The number of likely N-dealkylation sites (tertiary alicyclic amines) is 1. The molecule has 1 saturated heterocycles. The molecule has 3 rings (SSSR count). The Hall–Kier alpha value is -2.74. The summed E-state index contributed by atoms with van der Waals surface area (Å²) in [6.45, 7) is 5.65. The van der Waals surface area contributed by atoms with Gasteiger partial charge in [0.1, 0.15) is 11.4 Å². The van der Waals surface area contributed by atoms with Crippen LogP contribution in [0.15, 0.2) is 28.9 Å². The monoisotopic (exact) mass is 400 g/mol. The first-order valence-corrected chi connectivity index (χ1v) is 9.83. The van der Waals surface area contributed by atoms with Crippen LogP contribution in [0.2, 0.25) is 0 Å². The maximum atomic E-state index is 13.0. The van der Waals surface area contributed by atoms with Crippen molar-refractivity contribution in [2.24, 2.45) is 5.41 Å². The Morgan fingerprint density at radius 1 is 1.28 bits per heavy atom. The highest BCUT2D eigenvalue weighted by Crippen LogP contribution is 2.30. The van der Waals surface area contributed by atoms with E-state index in [4.69, 9.17) is 4.74 Å². The maximum absolute atomic E-state index is 13.0. The summed E-state index contributed by atoms with van der Waals surface area (Å²) >= 11 is 0. The van der Waals surface area contributed by atoms with E-state index in [1.807, 2.05) is 31.2 Å². The molecule has 2 amide bonds. The van der Waals surface area contributed by atoms with Crippen molar-refractivity contribution < 1.29 is 19.0 Å². The van der Waals surface area contributed by atoms with Crippen molar-refractivity contribution in [3.05, 3.63) is 46.8 Å². The third-order valence-electron chi connectivity index (χ3n) is 5.52. The number of amides is 2. The van der Waals surface area contributed by atoms with Gasteiger partial charge in [0.2, 0.25) is 11.8 Å². The average molecular weight is 400 g/mol. The van der Waals surface area contributed by atoms with Crippen LogP contribution in [0.4, 0.5) is 0 Å². The molecule has 1 aliphatic heterocycles. The summed E-state index contributed by atoms with van der Waals surface area (Å²) in [6.07, 6.45) is 1.66. The quantitative estimate of drug-likeness (QED) is 0.764. The van der Waals surface area contributed by atoms with E-state index in [1.165, 1.54) is 0 Å². The van der Waals surface area contributed by atoms with Crippen molar-refractivity contribution in [1.82, 2.24) is 20.5 Å². The molecule has 1 fully saturated rings. The van der Waals surface area contributed by atoms with Gasteiger partial charge < -0.3 is 15.0 Å². The highest BCUT2D eigenvalue weighted by molar-refractivity contribution is 5.84. The number of aryl methyl sites for hydroxylation is 1. The van der Waals surface area contributed by atoms with E-state index in [0.29, 0.717) is 37.6 Å². The fraction of sp³-hybridized carbons (Fsp3) is 0.524. The minimum atomic E-state index is -0.624. The van der Waals surface area contributed by atoms with Crippen LogP contribution in [0.25, 0.3) is 0 Å². The Morgan fingerprint density at radius 2 is 2.03 bits per heavy atom. The van der Waals surface area contributed by atoms with Crippen LogP contribution in [0, 0.1) is 12.3 Å². The zero-order valence-electron chi connectivity index (χ0n) is 17.2. The molecular weight excluding hydrogens is 372 g/mol. The molecule has 0 unspecified atom stereocenters. The van der Waals surface area contributed by atoms with Gasteiger partial charge in [0.15, 0.2) is 0 Å². The standard InChI is InChI=1S/C21H28N4O4/c1-15-18(24-29-23-15)11-19(26)25-10-6-9-21(2,14-25)20(27)22-12-16-7-4-5-8-17(16)13-28-3/h4-5,7-8H,6,9-14H2,1-3H3,(H,22,27)/t21-/m0/s1. The van der Waals surface area contributed by atoms with Gasteiger partial charge in [-0.25, -0.2) is 4.63 Å². The van der Waals surface area contributed by atoms with Crippen LogP contribution in [0.5, 0.6) is 0 Å². The maximum Gasteiger partial charge on any atom is 0.228 e. The molecule has 29 heavy (non-hydrogen) atoms. The first-order valence-electron chi connectivity index (χ1n) is 9.83. The second-order valence-electron chi connectivity index (χ2n) is 7.84. The lowest BCUT2D eigenvalue weighted by molar-refractivity contribution is -0.140. The number of methoxy groups -OCH3 is 1. The predicted octanol–water partition coefficient (Wildman–Crippen LogP) is 2.01. The number of benzene rings is 1. The summed E-state index contributed by atoms with van der Waals surface area (Å²) in [5.41, 5.74) is 2.62. The number of hydrogen-bond donors (Lipinski definition) is 1. The van der Waals surface area contributed by atoms with Crippen molar-refractivity contribution in [3.8, 4) is 0 Å². The van der Waals surface area contributed by atoms with Crippen LogP contribution in [0.3, 0.4) is 0 Å². The lowest BCUT2D eigenvalue weighted by atomic mass is 9.80. The molecule has 1 aromatic carbocycles. The smallest absolute Gasteiger partial charge is 0.228 e. The first kappa shape index (κ1) is 21.0. The van der Waals surface area contributed by atoms with Crippen molar-refractivity contribution in [2.75, 3.05) is 20.2 Å². The largest absolute Gasteiger partial charge is 0.380 e. The second kappa shape index (κ2) is 9.17. The lowest BCUT2D eigenvalue weighted by Crippen LogP contribution is -2.52. The molecule has 1 atom stereocenters. The van der Waals surface area contributed by atoms with Crippen molar-refractivity contribution >= 4 is 11.8 Å². The predicted molar refractivity (Wildman–Crippen MR) is 106 cm³/mol. The van der Waals surface area contributed by atoms with Gasteiger partial charge in [0.25, 0.3) is 0 Å². The van der Waals surface area contributed by atoms with Gasteiger partial charge in [-0.1, -0.05) is 34.6 Å². The molecule has 8 nitrogen and oxygen atoms in total. The number of ether oxygens (including phenoxy) is 1. The SMILES string of the molecule is COCc1ccccc1CNC(=O)[C@@]1(C)CCCN(C(=O)Cc2nonc2C)C1. The third kappa shape index (κ3) is 5.00. The minimum Gasteiger partial charge on any atom is -0.380 e. The number of piperidine rings is 1. The molecule has 2 aromatic rings. The zero-order chi connectivity index (χ0) is 20.9. The molecule has 2 heterocycles. The van der Waals surface area contributed by atoms with Crippen molar-refractivity contribution in [1.29, 1.82) is 0 Å². The zero-order valence-corrected chi connectivity index (χ0v) is 17.2. The van der Waals surface area contributed by atoms with E-state index in [9.17, 15) is 9.59 Å². The Labute approximate surface area is 170 Å². The van der Waals surface area contributed by atoms with Gasteiger partial charge in [-0.3, -0.25) is 9.59 Å². The third-order valence-corrected chi connectivity index (χ3v) is 5.52. The van der Waals surface area contributed by atoms with E-state index in [-0.39, 0.29) is 18.2 Å². The number of aromatic nitrogens is 2. The molecule has 156 valence electrons. The first-order chi connectivity index (χ1) is 13.9. The van der Waals surface area contributed by atoms with Gasteiger partial charge >= 0.3 is 0 Å². The molecule has 0 radical (unpaired) electrons. The lowest BCUT2D eigenvalue weighted by Gasteiger charge is -2.39. The molecule has 0 spiro atoms. The molecule has 0 bridgehead atoms. The number of carbonyl (C=O) groups excluding carboxylic acids is 2. The average Bonchev–Trinajstić information content (AvgIpc) is 3.11. The summed E-state index contributed by atoms with van der Waals surface area (Å²) in [5, 5.41) is 10.6. The van der Waals surface area contributed by atoms with E-state index < -0.39 is 5.41 Å². The summed E-state index contributed by atoms with van der Waals surface area (Å²) < 4.78 is 9.90. The van der Waals surface area contributed by atoms with Crippen LogP contribution in [0.1, 0.15) is 42.3 Å². The Bertz CT molecular complexity index is 866. The Morgan fingerprint density at radius 3 is 2.72 bits per heavy atom. The van der Waals surface area contributed by atoms with E-state index in [1.54, 1.807) is 18.9 Å². The van der Waals surface area contributed by atoms with Gasteiger partial charge in [-0.2, -0.15) is 0 Å². The number of hydrogen-bond acceptors (Lipinski definition) is 6. The Balaban J connectivity index is 1.61. The van der Waals surface area contributed by atoms with Gasteiger partial charge in [0, 0.05) is 26.7 Å². The summed E-state index contributed by atoms with van der Waals surface area (Å²) in [6, 6.07) is 7.89. The van der Waals surface area contributed by atoms with Crippen molar-refractivity contribution in [3.63, 3.8) is 0 Å². The fourth-order valence-corrected chi connectivity index (χ4v) is 3.72. The van der Waals surface area contributed by atoms with Crippen LogP contribution >= 0.6 is 0 Å². The molecule has 1 aromatic heterocycles.